The molecule has 35 heavy (non-hydrogen) atoms. The van der Waals surface area contributed by atoms with Gasteiger partial charge in [-0.3, -0.25) is 19.8 Å². The number of amides is 4. The van der Waals surface area contributed by atoms with Gasteiger partial charge in [0.2, 0.25) is 11.8 Å². The number of benzene rings is 2. The van der Waals surface area contributed by atoms with Crippen molar-refractivity contribution in [3.05, 3.63) is 70.2 Å². The van der Waals surface area contributed by atoms with Crippen LogP contribution >= 0.6 is 11.6 Å². The summed E-state index contributed by atoms with van der Waals surface area (Å²) in [5.41, 5.74) is 2.12. The van der Waals surface area contributed by atoms with Crippen LogP contribution in [0.3, 0.4) is 0 Å². The molecule has 2 fully saturated rings. The fraction of sp³-hybridized carbons (Fsp3) is 0.333. The van der Waals surface area contributed by atoms with Gasteiger partial charge in [-0.2, -0.15) is 0 Å². The van der Waals surface area contributed by atoms with E-state index in [1.54, 1.807) is 18.2 Å². The van der Waals surface area contributed by atoms with Crippen molar-refractivity contribution in [1.29, 1.82) is 0 Å². The summed E-state index contributed by atoms with van der Waals surface area (Å²) in [6, 6.07) is 14.2. The number of halogens is 1. The van der Waals surface area contributed by atoms with Gasteiger partial charge >= 0.3 is 6.03 Å². The van der Waals surface area contributed by atoms with Crippen LogP contribution in [-0.4, -0.2) is 40.3 Å². The summed E-state index contributed by atoms with van der Waals surface area (Å²) in [6.07, 6.45) is 2.75. The zero-order chi connectivity index (χ0) is 24.3. The van der Waals surface area contributed by atoms with Crippen LogP contribution in [0.1, 0.15) is 36.0 Å². The first-order valence-electron chi connectivity index (χ1n) is 12.0. The number of aromatic nitrogens is 1. The molecule has 0 saturated carbocycles. The number of aryl methyl sites for hydroxylation is 1. The molecule has 6 rings (SSSR count). The van der Waals surface area contributed by atoms with E-state index >= 15 is 0 Å². The third-order valence-electron chi connectivity index (χ3n) is 7.62. The number of urea groups is 1. The number of piperidine rings is 1. The first-order valence-corrected chi connectivity index (χ1v) is 12.3. The van der Waals surface area contributed by atoms with Crippen molar-refractivity contribution in [3.63, 3.8) is 0 Å². The summed E-state index contributed by atoms with van der Waals surface area (Å²) < 4.78 is 0. The Bertz CT molecular complexity index is 1410. The van der Waals surface area contributed by atoms with Gasteiger partial charge in [0.05, 0.1) is 18.1 Å². The molecule has 2 saturated heterocycles. The van der Waals surface area contributed by atoms with E-state index in [1.807, 2.05) is 31.2 Å². The van der Waals surface area contributed by atoms with Gasteiger partial charge in [-0.25, -0.2) is 9.78 Å². The average Bonchev–Trinajstić information content (AvgIpc) is 2.85. The maximum atomic E-state index is 14.2. The lowest BCUT2D eigenvalue weighted by molar-refractivity contribution is -0.154. The van der Waals surface area contributed by atoms with Gasteiger partial charge in [0, 0.05) is 23.4 Å². The molecule has 3 aromatic rings. The fourth-order valence-electron chi connectivity index (χ4n) is 5.92. The van der Waals surface area contributed by atoms with Crippen molar-refractivity contribution in [2.75, 3.05) is 11.4 Å². The van der Waals surface area contributed by atoms with Gasteiger partial charge in [0.25, 0.3) is 0 Å². The highest BCUT2D eigenvalue weighted by Gasteiger charge is 2.62. The SMILES string of the molecule is Cc1ccc2nc3c(cc2c1)C[C@@]1(C(=O)NC(=O)N(Cc2ccccc2Cl)C1=O)[C@@H]1CCCCN31. The van der Waals surface area contributed by atoms with Crippen molar-refractivity contribution in [2.24, 2.45) is 5.41 Å². The van der Waals surface area contributed by atoms with Crippen molar-refractivity contribution >= 4 is 46.2 Å². The van der Waals surface area contributed by atoms with Gasteiger partial charge in [-0.15, -0.1) is 0 Å². The number of nitrogens with zero attached hydrogens (tertiary/aromatic N) is 3. The topological polar surface area (TPSA) is 82.6 Å². The minimum absolute atomic E-state index is 0.00805. The highest BCUT2D eigenvalue weighted by Crippen LogP contribution is 2.47. The molecular formula is C27H25ClN4O3. The van der Waals surface area contributed by atoms with Gasteiger partial charge in [-0.1, -0.05) is 41.4 Å². The molecule has 7 nitrogen and oxygen atoms in total. The zero-order valence-electron chi connectivity index (χ0n) is 19.4. The number of rotatable bonds is 2. The number of carbonyl (C=O) groups excluding carboxylic acids is 3. The monoisotopic (exact) mass is 488 g/mol. The summed E-state index contributed by atoms with van der Waals surface area (Å²) in [5.74, 6) is -0.139. The lowest BCUT2D eigenvalue weighted by Crippen LogP contribution is -2.72. The molecule has 1 N–H and O–H groups in total. The third kappa shape index (κ3) is 3.32. The van der Waals surface area contributed by atoms with E-state index < -0.39 is 23.3 Å². The molecule has 2 atom stereocenters. The number of hydrogen-bond acceptors (Lipinski definition) is 5. The number of carbonyl (C=O) groups is 3. The predicted octanol–water partition coefficient (Wildman–Crippen LogP) is 4.38. The third-order valence-corrected chi connectivity index (χ3v) is 7.99. The number of fused-ring (bicyclic) bond motifs is 5. The van der Waals surface area contributed by atoms with Crippen molar-refractivity contribution in [3.8, 4) is 0 Å². The first kappa shape index (κ1) is 22.0. The Hall–Kier alpha value is -3.45. The molecule has 0 radical (unpaired) electrons. The van der Waals surface area contributed by atoms with E-state index in [4.69, 9.17) is 16.6 Å². The highest BCUT2D eigenvalue weighted by molar-refractivity contribution is 6.31. The van der Waals surface area contributed by atoms with E-state index in [0.29, 0.717) is 23.6 Å². The van der Waals surface area contributed by atoms with Crippen LogP contribution in [0.25, 0.3) is 10.9 Å². The lowest BCUT2D eigenvalue weighted by Gasteiger charge is -2.53. The Morgan fingerprint density at radius 3 is 2.77 bits per heavy atom. The van der Waals surface area contributed by atoms with E-state index in [0.717, 1.165) is 45.6 Å². The lowest BCUT2D eigenvalue weighted by atomic mass is 9.66. The van der Waals surface area contributed by atoms with Crippen LogP contribution in [0, 0.1) is 12.3 Å². The maximum absolute atomic E-state index is 14.2. The van der Waals surface area contributed by atoms with Crippen molar-refractivity contribution in [2.45, 2.75) is 45.2 Å². The Labute approximate surface area is 208 Å². The second-order valence-corrected chi connectivity index (χ2v) is 10.2. The van der Waals surface area contributed by atoms with Crippen molar-refractivity contribution < 1.29 is 14.4 Å². The number of anilines is 1. The van der Waals surface area contributed by atoms with Gasteiger partial charge in [0.15, 0.2) is 5.41 Å². The summed E-state index contributed by atoms with van der Waals surface area (Å²) in [6.45, 7) is 2.74. The number of imide groups is 2. The molecule has 0 unspecified atom stereocenters. The summed E-state index contributed by atoms with van der Waals surface area (Å²) >= 11 is 6.34. The second kappa shape index (κ2) is 8.05. The minimum atomic E-state index is -1.40. The molecule has 1 aromatic heterocycles. The minimum Gasteiger partial charge on any atom is -0.352 e. The fourth-order valence-corrected chi connectivity index (χ4v) is 6.12. The van der Waals surface area contributed by atoms with Gasteiger partial charge in [-0.05, 0) is 61.6 Å². The van der Waals surface area contributed by atoms with Crippen LogP contribution in [0.15, 0.2) is 48.5 Å². The van der Waals surface area contributed by atoms with E-state index in [2.05, 4.69) is 16.3 Å². The Morgan fingerprint density at radius 2 is 1.94 bits per heavy atom. The van der Waals surface area contributed by atoms with Crippen molar-refractivity contribution in [1.82, 2.24) is 15.2 Å². The van der Waals surface area contributed by atoms with E-state index in [-0.39, 0.29) is 19.0 Å². The Kier molecular flexibility index (Phi) is 5.07. The molecule has 4 amide bonds. The zero-order valence-corrected chi connectivity index (χ0v) is 20.1. The van der Waals surface area contributed by atoms with E-state index in [1.165, 1.54) is 0 Å². The van der Waals surface area contributed by atoms with E-state index in [9.17, 15) is 14.4 Å². The largest absolute Gasteiger partial charge is 0.352 e. The molecule has 3 aliphatic heterocycles. The number of hydrogen-bond donors (Lipinski definition) is 1. The average molecular weight is 489 g/mol. The Balaban J connectivity index is 1.48. The quantitative estimate of drug-likeness (QED) is 0.541. The highest BCUT2D eigenvalue weighted by atomic mass is 35.5. The summed E-state index contributed by atoms with van der Waals surface area (Å²) in [4.78, 5) is 48.9. The summed E-state index contributed by atoms with van der Waals surface area (Å²) in [5, 5.41) is 3.95. The number of nitrogens with one attached hydrogen (secondary N) is 1. The van der Waals surface area contributed by atoms with Crippen LogP contribution in [-0.2, 0) is 22.6 Å². The molecule has 4 heterocycles. The molecule has 0 aliphatic carbocycles. The van der Waals surface area contributed by atoms with Crippen LogP contribution in [0.2, 0.25) is 5.02 Å². The molecule has 3 aliphatic rings. The molecule has 0 bridgehead atoms. The number of barbiturate groups is 1. The van der Waals surface area contributed by atoms with Crippen LogP contribution < -0.4 is 10.2 Å². The summed E-state index contributed by atoms with van der Waals surface area (Å²) in [7, 11) is 0. The normalized spacial score (nSPS) is 23.9. The van der Waals surface area contributed by atoms with Gasteiger partial charge < -0.3 is 4.90 Å². The molecule has 2 aromatic carbocycles. The number of pyridine rings is 1. The molecule has 1 spiro atoms. The molecular weight excluding hydrogens is 464 g/mol. The second-order valence-electron chi connectivity index (χ2n) is 9.76. The molecule has 8 heteroatoms. The van der Waals surface area contributed by atoms with Gasteiger partial charge in [0.1, 0.15) is 5.82 Å². The molecule has 178 valence electrons. The Morgan fingerprint density at radius 1 is 1.11 bits per heavy atom. The maximum Gasteiger partial charge on any atom is 0.331 e. The smallest absolute Gasteiger partial charge is 0.331 e. The predicted molar refractivity (Wildman–Crippen MR) is 133 cm³/mol. The first-order chi connectivity index (χ1) is 16.9. The standard InChI is InChI=1S/C27H25ClN4O3/c1-16-9-10-21-18(12-16)13-19-14-27(22-8-4-5-11-31(22)23(19)29-21)24(33)30-26(35)32(25(27)34)15-17-6-2-3-7-20(17)28/h2-3,6-7,9-10,12-13,22H,4-5,8,11,14-15H2,1H3,(H,30,33,35)/t22-,27-/m0/s1. The van der Waals surface area contributed by atoms with Crippen LogP contribution in [0.4, 0.5) is 10.6 Å². The van der Waals surface area contributed by atoms with Crippen LogP contribution in [0.5, 0.6) is 0 Å².